The summed E-state index contributed by atoms with van der Waals surface area (Å²) in [6.45, 7) is 3.84. The number of nitrogens with one attached hydrogen (secondary N) is 2. The van der Waals surface area contributed by atoms with Gasteiger partial charge in [-0.15, -0.1) is 0 Å². The SMILES string of the molecule is COC(=O)CCCNC(=O)[C@@H](NC(=O)c1ccccc1F)C(C)C. The van der Waals surface area contributed by atoms with Crippen molar-refractivity contribution >= 4 is 17.8 Å². The van der Waals surface area contributed by atoms with Gasteiger partial charge in [0, 0.05) is 13.0 Å². The first-order valence-electron chi connectivity index (χ1n) is 7.76. The van der Waals surface area contributed by atoms with Crippen LogP contribution in [0.4, 0.5) is 4.39 Å². The molecule has 0 aliphatic carbocycles. The molecule has 1 rings (SSSR count). The smallest absolute Gasteiger partial charge is 0.305 e. The van der Waals surface area contributed by atoms with Crippen molar-refractivity contribution < 1.29 is 23.5 Å². The highest BCUT2D eigenvalue weighted by Gasteiger charge is 2.25. The Bertz CT molecular complexity index is 590. The van der Waals surface area contributed by atoms with E-state index < -0.39 is 17.8 Å². The maximum Gasteiger partial charge on any atom is 0.305 e. The molecule has 0 aliphatic rings. The fourth-order valence-electron chi connectivity index (χ4n) is 2.06. The lowest BCUT2D eigenvalue weighted by atomic mass is 10.0. The molecule has 1 atom stereocenters. The van der Waals surface area contributed by atoms with E-state index in [9.17, 15) is 18.8 Å². The number of ether oxygens (including phenoxy) is 1. The lowest BCUT2D eigenvalue weighted by Crippen LogP contribution is -2.50. The van der Waals surface area contributed by atoms with Crippen LogP contribution in [0.2, 0.25) is 0 Å². The summed E-state index contributed by atoms with van der Waals surface area (Å²) in [6.07, 6.45) is 0.634. The topological polar surface area (TPSA) is 84.5 Å². The number of methoxy groups -OCH3 is 1. The maximum atomic E-state index is 13.6. The molecule has 2 N–H and O–H groups in total. The first kappa shape index (κ1) is 19.6. The molecule has 0 unspecified atom stereocenters. The number of benzene rings is 1. The number of carbonyl (C=O) groups excluding carboxylic acids is 3. The van der Waals surface area contributed by atoms with E-state index in [1.807, 2.05) is 0 Å². The van der Waals surface area contributed by atoms with Crippen LogP contribution in [-0.4, -0.2) is 37.5 Å². The Morgan fingerprint density at radius 2 is 1.88 bits per heavy atom. The number of hydrogen-bond donors (Lipinski definition) is 2. The third-order valence-corrected chi connectivity index (χ3v) is 3.44. The van der Waals surface area contributed by atoms with Crippen molar-refractivity contribution in [3.05, 3.63) is 35.6 Å². The van der Waals surface area contributed by atoms with E-state index in [0.29, 0.717) is 6.42 Å². The zero-order valence-corrected chi connectivity index (χ0v) is 14.1. The van der Waals surface area contributed by atoms with Crippen molar-refractivity contribution in [3.63, 3.8) is 0 Å². The zero-order chi connectivity index (χ0) is 18.1. The summed E-state index contributed by atoms with van der Waals surface area (Å²) in [4.78, 5) is 35.4. The second-order valence-corrected chi connectivity index (χ2v) is 5.65. The summed E-state index contributed by atoms with van der Waals surface area (Å²) in [5.41, 5.74) is -0.110. The fourth-order valence-corrected chi connectivity index (χ4v) is 2.06. The van der Waals surface area contributed by atoms with Gasteiger partial charge in [-0.2, -0.15) is 0 Å². The highest BCUT2D eigenvalue weighted by atomic mass is 19.1. The van der Waals surface area contributed by atoms with Gasteiger partial charge in [0.15, 0.2) is 0 Å². The predicted octanol–water partition coefficient (Wildman–Crippen LogP) is 1.65. The van der Waals surface area contributed by atoms with Gasteiger partial charge in [0.25, 0.3) is 5.91 Å². The summed E-state index contributed by atoms with van der Waals surface area (Å²) in [5.74, 6) is -2.19. The number of rotatable bonds is 8. The van der Waals surface area contributed by atoms with Crippen LogP contribution < -0.4 is 10.6 Å². The Kier molecular flexibility index (Phi) is 7.88. The Morgan fingerprint density at radius 1 is 1.21 bits per heavy atom. The largest absolute Gasteiger partial charge is 0.469 e. The van der Waals surface area contributed by atoms with Crippen LogP contribution in [0.3, 0.4) is 0 Å². The molecule has 0 aromatic heterocycles. The maximum absolute atomic E-state index is 13.6. The molecule has 24 heavy (non-hydrogen) atoms. The number of halogens is 1. The molecule has 0 fully saturated rings. The molecule has 0 bridgehead atoms. The summed E-state index contributed by atoms with van der Waals surface area (Å²) < 4.78 is 18.2. The molecule has 0 heterocycles. The van der Waals surface area contributed by atoms with Crippen LogP contribution >= 0.6 is 0 Å². The summed E-state index contributed by atoms with van der Waals surface area (Å²) >= 11 is 0. The van der Waals surface area contributed by atoms with E-state index in [1.165, 1.54) is 25.3 Å². The molecule has 0 aliphatic heterocycles. The molecule has 0 saturated carbocycles. The fraction of sp³-hybridized carbons (Fsp3) is 0.471. The molecule has 0 saturated heterocycles. The van der Waals surface area contributed by atoms with E-state index in [0.717, 1.165) is 0 Å². The first-order chi connectivity index (χ1) is 11.4. The van der Waals surface area contributed by atoms with E-state index >= 15 is 0 Å². The minimum atomic E-state index is -0.796. The van der Waals surface area contributed by atoms with Crippen LogP contribution in [-0.2, 0) is 14.3 Å². The third-order valence-electron chi connectivity index (χ3n) is 3.44. The number of hydrogen-bond acceptors (Lipinski definition) is 4. The van der Waals surface area contributed by atoms with Gasteiger partial charge in [0.1, 0.15) is 11.9 Å². The van der Waals surface area contributed by atoms with Crippen molar-refractivity contribution in [2.24, 2.45) is 5.92 Å². The number of esters is 1. The van der Waals surface area contributed by atoms with Gasteiger partial charge in [-0.25, -0.2) is 4.39 Å². The number of carbonyl (C=O) groups is 3. The van der Waals surface area contributed by atoms with Crippen molar-refractivity contribution in [1.29, 1.82) is 0 Å². The van der Waals surface area contributed by atoms with Gasteiger partial charge in [0.2, 0.25) is 5.91 Å². The van der Waals surface area contributed by atoms with Crippen molar-refractivity contribution in [2.75, 3.05) is 13.7 Å². The highest BCUT2D eigenvalue weighted by Crippen LogP contribution is 2.09. The average molecular weight is 338 g/mol. The molecular weight excluding hydrogens is 315 g/mol. The first-order valence-corrected chi connectivity index (χ1v) is 7.76. The van der Waals surface area contributed by atoms with Crippen molar-refractivity contribution in [1.82, 2.24) is 10.6 Å². The Balaban J connectivity index is 2.60. The summed E-state index contributed by atoms with van der Waals surface area (Å²) in [7, 11) is 1.30. The van der Waals surface area contributed by atoms with Crippen LogP contribution in [0, 0.1) is 11.7 Å². The molecular formula is C17H23FN2O4. The van der Waals surface area contributed by atoms with Gasteiger partial charge < -0.3 is 15.4 Å². The molecule has 1 aromatic rings. The van der Waals surface area contributed by atoms with Crippen molar-refractivity contribution in [3.8, 4) is 0 Å². The summed E-state index contributed by atoms with van der Waals surface area (Å²) in [5, 5.41) is 5.21. The second kappa shape index (κ2) is 9.64. The predicted molar refractivity (Wildman–Crippen MR) is 86.8 cm³/mol. The van der Waals surface area contributed by atoms with Crippen LogP contribution in [0.15, 0.2) is 24.3 Å². The molecule has 0 spiro atoms. The van der Waals surface area contributed by atoms with E-state index in [4.69, 9.17) is 0 Å². The van der Waals surface area contributed by atoms with Gasteiger partial charge in [0.05, 0.1) is 12.7 Å². The Labute approximate surface area is 140 Å². The molecule has 0 radical (unpaired) electrons. The minimum Gasteiger partial charge on any atom is -0.469 e. The molecule has 132 valence electrons. The quantitative estimate of drug-likeness (QED) is 0.558. The standard InChI is InChI=1S/C17H23FN2O4/c1-11(2)15(17(23)19-10-6-9-14(21)24-3)20-16(22)12-7-4-5-8-13(12)18/h4-5,7-8,11,15H,6,9-10H2,1-3H3,(H,19,23)(H,20,22)/t15-/m0/s1. The minimum absolute atomic E-state index is 0.110. The van der Waals surface area contributed by atoms with Gasteiger partial charge in [-0.05, 0) is 24.5 Å². The molecule has 1 aromatic carbocycles. The molecule has 6 nitrogen and oxygen atoms in total. The van der Waals surface area contributed by atoms with Gasteiger partial charge in [-0.3, -0.25) is 14.4 Å². The summed E-state index contributed by atoms with van der Waals surface area (Å²) in [6, 6.07) is 4.79. The van der Waals surface area contributed by atoms with Crippen LogP contribution in [0.25, 0.3) is 0 Å². The van der Waals surface area contributed by atoms with E-state index in [-0.39, 0.29) is 36.3 Å². The van der Waals surface area contributed by atoms with Crippen LogP contribution in [0.5, 0.6) is 0 Å². The van der Waals surface area contributed by atoms with Gasteiger partial charge >= 0.3 is 5.97 Å². The van der Waals surface area contributed by atoms with Crippen LogP contribution in [0.1, 0.15) is 37.0 Å². The second-order valence-electron chi connectivity index (χ2n) is 5.65. The highest BCUT2D eigenvalue weighted by molar-refractivity contribution is 5.97. The van der Waals surface area contributed by atoms with E-state index in [1.54, 1.807) is 19.9 Å². The third kappa shape index (κ3) is 5.98. The normalized spacial score (nSPS) is 11.7. The average Bonchev–Trinajstić information content (AvgIpc) is 2.55. The van der Waals surface area contributed by atoms with Crippen molar-refractivity contribution in [2.45, 2.75) is 32.7 Å². The number of amides is 2. The lowest BCUT2D eigenvalue weighted by molar-refractivity contribution is -0.140. The molecule has 2 amide bonds. The lowest BCUT2D eigenvalue weighted by Gasteiger charge is -2.21. The monoisotopic (exact) mass is 338 g/mol. The van der Waals surface area contributed by atoms with Gasteiger partial charge in [-0.1, -0.05) is 26.0 Å². The molecule has 7 heteroatoms. The Morgan fingerprint density at radius 3 is 2.46 bits per heavy atom. The van der Waals surface area contributed by atoms with E-state index in [2.05, 4.69) is 15.4 Å². The zero-order valence-electron chi connectivity index (χ0n) is 14.1. The Hall–Kier alpha value is -2.44.